The van der Waals surface area contributed by atoms with E-state index in [1.165, 1.54) is 18.2 Å². The Morgan fingerprint density at radius 3 is 2.26 bits per heavy atom. The molecule has 0 unspecified atom stereocenters. The first-order valence-corrected chi connectivity index (χ1v) is 5.83. The predicted octanol–water partition coefficient (Wildman–Crippen LogP) is 4.66. The highest BCUT2D eigenvalue weighted by Gasteiger charge is 2.31. The molecule has 0 aliphatic carbocycles. The Morgan fingerprint density at radius 2 is 1.68 bits per heavy atom. The predicted molar refractivity (Wildman–Crippen MR) is 69.1 cm³/mol. The highest BCUT2D eigenvalue weighted by molar-refractivity contribution is 6.42. The van der Waals surface area contributed by atoms with E-state index >= 15 is 0 Å². The molecule has 2 aromatic rings. The van der Waals surface area contributed by atoms with Crippen molar-refractivity contribution in [2.24, 2.45) is 0 Å². The number of hydrogen-bond donors (Lipinski definition) is 1. The van der Waals surface area contributed by atoms with Gasteiger partial charge in [-0.2, -0.15) is 13.2 Å². The number of nitrogens with zero attached hydrogens (tertiary/aromatic N) is 1. The van der Waals surface area contributed by atoms with E-state index in [4.69, 9.17) is 28.9 Å². The molecule has 0 aliphatic rings. The lowest BCUT2D eigenvalue weighted by molar-refractivity contribution is -0.137. The molecule has 1 heterocycles. The van der Waals surface area contributed by atoms with Gasteiger partial charge in [-0.15, -0.1) is 0 Å². The summed E-state index contributed by atoms with van der Waals surface area (Å²) in [5, 5.41) is 0.544. The summed E-state index contributed by atoms with van der Waals surface area (Å²) in [5.74, 6) is -0.212. The summed E-state index contributed by atoms with van der Waals surface area (Å²) in [6.07, 6.45) is -4.48. The molecule has 0 bridgehead atoms. The van der Waals surface area contributed by atoms with Crippen molar-refractivity contribution in [2.45, 2.75) is 6.18 Å². The lowest BCUT2D eigenvalue weighted by atomic mass is 10.1. The smallest absolute Gasteiger partial charge is 0.384 e. The molecule has 0 fully saturated rings. The number of hydrogen-bond acceptors (Lipinski definition) is 2. The van der Waals surface area contributed by atoms with Crippen LogP contribution in [0.1, 0.15) is 5.56 Å². The standard InChI is InChI=1S/C12H7Cl2F3N2/c13-8-2-1-6(3-9(8)14)10-4-7(12(15,16)17)5-11(18)19-10/h1-5H,(H2,18,19). The van der Waals surface area contributed by atoms with Gasteiger partial charge in [-0.3, -0.25) is 0 Å². The molecule has 0 radical (unpaired) electrons. The zero-order chi connectivity index (χ0) is 14.2. The van der Waals surface area contributed by atoms with Gasteiger partial charge in [0, 0.05) is 5.56 Å². The first-order chi connectivity index (χ1) is 8.77. The summed E-state index contributed by atoms with van der Waals surface area (Å²) < 4.78 is 38.0. The van der Waals surface area contributed by atoms with E-state index in [2.05, 4.69) is 4.98 Å². The monoisotopic (exact) mass is 306 g/mol. The molecule has 2 N–H and O–H groups in total. The normalized spacial score (nSPS) is 11.6. The van der Waals surface area contributed by atoms with Crippen LogP contribution in [0.2, 0.25) is 10.0 Å². The summed E-state index contributed by atoms with van der Waals surface area (Å²) >= 11 is 11.6. The van der Waals surface area contributed by atoms with Gasteiger partial charge in [0.15, 0.2) is 0 Å². The number of benzene rings is 1. The zero-order valence-corrected chi connectivity index (χ0v) is 10.8. The van der Waals surface area contributed by atoms with Crippen LogP contribution in [0.5, 0.6) is 0 Å². The van der Waals surface area contributed by atoms with E-state index in [1.54, 1.807) is 0 Å². The van der Waals surface area contributed by atoms with Crippen LogP contribution < -0.4 is 5.73 Å². The molecular weight excluding hydrogens is 300 g/mol. The number of pyridine rings is 1. The minimum absolute atomic E-state index is 0.0888. The number of nitrogen functional groups attached to an aromatic ring is 1. The second-order valence-corrected chi connectivity index (χ2v) is 4.61. The first-order valence-electron chi connectivity index (χ1n) is 5.07. The van der Waals surface area contributed by atoms with Crippen LogP contribution in [0, 0.1) is 0 Å². The molecule has 19 heavy (non-hydrogen) atoms. The van der Waals surface area contributed by atoms with Crippen molar-refractivity contribution in [1.82, 2.24) is 4.98 Å². The van der Waals surface area contributed by atoms with Crippen LogP contribution in [-0.4, -0.2) is 4.98 Å². The Labute approximate surface area is 117 Å². The van der Waals surface area contributed by atoms with Crippen LogP contribution in [0.25, 0.3) is 11.3 Å². The van der Waals surface area contributed by atoms with E-state index in [1.807, 2.05) is 0 Å². The van der Waals surface area contributed by atoms with Crippen LogP contribution in [0.3, 0.4) is 0 Å². The van der Waals surface area contributed by atoms with Gasteiger partial charge in [-0.05, 0) is 24.3 Å². The molecule has 7 heteroatoms. The maximum absolute atomic E-state index is 12.7. The molecule has 0 aliphatic heterocycles. The molecule has 0 spiro atoms. The van der Waals surface area contributed by atoms with Crippen molar-refractivity contribution in [3.05, 3.63) is 45.9 Å². The highest BCUT2D eigenvalue weighted by atomic mass is 35.5. The Balaban J connectivity index is 2.56. The SMILES string of the molecule is Nc1cc(C(F)(F)F)cc(-c2ccc(Cl)c(Cl)c2)n1. The van der Waals surface area contributed by atoms with Gasteiger partial charge in [0.1, 0.15) is 5.82 Å². The van der Waals surface area contributed by atoms with E-state index in [0.717, 1.165) is 12.1 Å². The molecule has 2 nitrogen and oxygen atoms in total. The van der Waals surface area contributed by atoms with Crippen molar-refractivity contribution in [3.63, 3.8) is 0 Å². The van der Waals surface area contributed by atoms with Gasteiger partial charge >= 0.3 is 6.18 Å². The number of halogens is 5. The van der Waals surface area contributed by atoms with Crippen molar-refractivity contribution in [2.75, 3.05) is 5.73 Å². The van der Waals surface area contributed by atoms with Crippen molar-refractivity contribution in [3.8, 4) is 11.3 Å². The fraction of sp³-hybridized carbons (Fsp3) is 0.0833. The highest BCUT2D eigenvalue weighted by Crippen LogP contribution is 2.34. The van der Waals surface area contributed by atoms with E-state index in [0.29, 0.717) is 10.6 Å². The van der Waals surface area contributed by atoms with Crippen LogP contribution in [0.4, 0.5) is 19.0 Å². The van der Waals surface area contributed by atoms with Crippen LogP contribution in [-0.2, 0) is 6.18 Å². The third-order valence-electron chi connectivity index (χ3n) is 2.39. The fourth-order valence-electron chi connectivity index (χ4n) is 1.52. The lowest BCUT2D eigenvalue weighted by Crippen LogP contribution is -2.07. The van der Waals surface area contributed by atoms with E-state index in [-0.39, 0.29) is 16.5 Å². The Kier molecular flexibility index (Phi) is 3.60. The molecule has 0 atom stereocenters. The van der Waals surface area contributed by atoms with E-state index in [9.17, 15) is 13.2 Å². The molecule has 1 aromatic heterocycles. The second kappa shape index (κ2) is 4.90. The third kappa shape index (κ3) is 3.11. The third-order valence-corrected chi connectivity index (χ3v) is 3.13. The fourth-order valence-corrected chi connectivity index (χ4v) is 1.82. The molecule has 100 valence electrons. The lowest BCUT2D eigenvalue weighted by Gasteiger charge is -2.10. The van der Waals surface area contributed by atoms with Gasteiger partial charge in [0.05, 0.1) is 21.3 Å². The molecule has 0 saturated heterocycles. The minimum Gasteiger partial charge on any atom is -0.384 e. The van der Waals surface area contributed by atoms with Gasteiger partial charge in [-0.25, -0.2) is 4.98 Å². The summed E-state index contributed by atoms with van der Waals surface area (Å²) in [4.78, 5) is 3.86. The van der Waals surface area contributed by atoms with Gasteiger partial charge < -0.3 is 5.73 Å². The van der Waals surface area contributed by atoms with Gasteiger partial charge in [-0.1, -0.05) is 29.3 Å². The number of alkyl halides is 3. The molecular formula is C12H7Cl2F3N2. The maximum Gasteiger partial charge on any atom is 0.416 e. The number of rotatable bonds is 1. The Hall–Kier alpha value is -1.46. The quantitative estimate of drug-likeness (QED) is 0.832. The summed E-state index contributed by atoms with van der Waals surface area (Å²) in [5.41, 5.74) is 5.03. The minimum atomic E-state index is -4.48. The maximum atomic E-state index is 12.7. The summed E-state index contributed by atoms with van der Waals surface area (Å²) in [6.45, 7) is 0. The topological polar surface area (TPSA) is 38.9 Å². The summed E-state index contributed by atoms with van der Waals surface area (Å²) in [6, 6.07) is 6.14. The van der Waals surface area contributed by atoms with Crippen molar-refractivity contribution >= 4 is 29.0 Å². The number of anilines is 1. The van der Waals surface area contributed by atoms with Crippen molar-refractivity contribution < 1.29 is 13.2 Å². The van der Waals surface area contributed by atoms with E-state index < -0.39 is 11.7 Å². The first kappa shape index (κ1) is 14.0. The van der Waals surface area contributed by atoms with Gasteiger partial charge in [0.2, 0.25) is 0 Å². The Morgan fingerprint density at radius 1 is 1.00 bits per heavy atom. The number of aromatic nitrogens is 1. The second-order valence-electron chi connectivity index (χ2n) is 3.79. The largest absolute Gasteiger partial charge is 0.416 e. The summed E-state index contributed by atoms with van der Waals surface area (Å²) in [7, 11) is 0. The molecule has 0 saturated carbocycles. The molecule has 2 rings (SSSR count). The van der Waals surface area contributed by atoms with Gasteiger partial charge in [0.25, 0.3) is 0 Å². The average Bonchev–Trinajstić information content (AvgIpc) is 2.31. The molecule has 1 aromatic carbocycles. The Bertz CT molecular complexity index is 627. The van der Waals surface area contributed by atoms with Crippen LogP contribution in [0.15, 0.2) is 30.3 Å². The number of nitrogens with two attached hydrogens (primary N) is 1. The molecule has 0 amide bonds. The zero-order valence-electron chi connectivity index (χ0n) is 9.30. The van der Waals surface area contributed by atoms with Crippen LogP contribution >= 0.6 is 23.2 Å². The van der Waals surface area contributed by atoms with Crippen molar-refractivity contribution in [1.29, 1.82) is 0 Å². The average molecular weight is 307 g/mol.